The fraction of sp³-hybridized carbons (Fsp3) is 0.759. The lowest BCUT2D eigenvalue weighted by molar-refractivity contribution is -0.158. The number of Topliss-reactive ketones (excluding diaryl/α,β-unsaturated/α-hetero) is 1. The average molecular weight is 482 g/mol. The van der Waals surface area contributed by atoms with Gasteiger partial charge in [0.25, 0.3) is 0 Å². The highest BCUT2D eigenvalue weighted by Gasteiger charge is 2.62. The quantitative estimate of drug-likeness (QED) is 0.587. The number of ketones is 1. The Bertz CT molecular complexity index is 1140. The molecule has 1 heterocycles. The molecule has 6 rings (SSSR count). The number of carbonyl (C=O) groups is 1. The minimum Gasteiger partial charge on any atom is -0.390 e. The molecule has 2 aromatic rings. The molecule has 4 aliphatic carbocycles. The molecule has 6 heteroatoms. The van der Waals surface area contributed by atoms with Crippen molar-refractivity contribution >= 4 is 16.8 Å². The minimum atomic E-state index is -0.501. The average Bonchev–Trinajstić information content (AvgIpc) is 3.40. The second-order valence-electron chi connectivity index (χ2n) is 12.9. The lowest BCUT2D eigenvalue weighted by Gasteiger charge is -2.63. The van der Waals surface area contributed by atoms with Crippen LogP contribution in [0.25, 0.3) is 11.0 Å². The third-order valence-electron chi connectivity index (χ3n) is 11.5. The molecular weight excluding hydrogens is 441 g/mol. The van der Waals surface area contributed by atoms with Crippen molar-refractivity contribution in [3.8, 4) is 0 Å². The van der Waals surface area contributed by atoms with Crippen LogP contribution in [-0.4, -0.2) is 31.5 Å². The number of hydrogen-bond donors (Lipinski definition) is 1. The molecular formula is C29H40FN3O2. The number of halogens is 1. The molecule has 4 aliphatic rings. The summed E-state index contributed by atoms with van der Waals surface area (Å²) in [7, 11) is 0. The van der Waals surface area contributed by atoms with E-state index in [1.54, 1.807) is 16.8 Å². The molecule has 190 valence electrons. The van der Waals surface area contributed by atoms with Gasteiger partial charge in [-0.2, -0.15) is 0 Å². The molecule has 1 N–H and O–H groups in total. The summed E-state index contributed by atoms with van der Waals surface area (Å²) in [5.41, 5.74) is 0.751. The Morgan fingerprint density at radius 1 is 1.11 bits per heavy atom. The van der Waals surface area contributed by atoms with Gasteiger partial charge in [0, 0.05) is 5.92 Å². The zero-order valence-electron chi connectivity index (χ0n) is 21.5. The Hall–Kier alpha value is -1.82. The summed E-state index contributed by atoms with van der Waals surface area (Å²) in [4.78, 5) is 13.7. The predicted octanol–water partition coefficient (Wildman–Crippen LogP) is 5.94. The summed E-state index contributed by atoms with van der Waals surface area (Å²) < 4.78 is 15.7. The lowest BCUT2D eigenvalue weighted by Crippen LogP contribution is -2.56. The van der Waals surface area contributed by atoms with Crippen LogP contribution in [0.5, 0.6) is 0 Å². The number of aromatic nitrogens is 3. The first-order valence-corrected chi connectivity index (χ1v) is 13.9. The maximum Gasteiger partial charge on any atom is 0.157 e. The first kappa shape index (κ1) is 23.6. The van der Waals surface area contributed by atoms with Gasteiger partial charge in [-0.15, -0.1) is 5.10 Å². The summed E-state index contributed by atoms with van der Waals surface area (Å²) in [5.74, 6) is 2.56. The normalized spacial score (nSPS) is 42.9. The summed E-state index contributed by atoms with van der Waals surface area (Å²) in [6.07, 6.45) is 11.2. The third kappa shape index (κ3) is 3.45. The highest BCUT2D eigenvalue weighted by atomic mass is 19.1. The molecule has 4 fully saturated rings. The molecule has 35 heavy (non-hydrogen) atoms. The zero-order chi connectivity index (χ0) is 24.6. The Morgan fingerprint density at radius 2 is 1.94 bits per heavy atom. The predicted molar refractivity (Wildman–Crippen MR) is 133 cm³/mol. The second-order valence-corrected chi connectivity index (χ2v) is 12.9. The van der Waals surface area contributed by atoms with Gasteiger partial charge < -0.3 is 5.11 Å². The van der Waals surface area contributed by atoms with Crippen LogP contribution >= 0.6 is 0 Å². The Morgan fingerprint density at radius 3 is 2.74 bits per heavy atom. The van der Waals surface area contributed by atoms with Gasteiger partial charge in [-0.05, 0) is 118 Å². The Balaban J connectivity index is 1.23. The molecule has 0 spiro atoms. The number of carbonyl (C=O) groups excluding carboxylic acids is 1. The first-order chi connectivity index (χ1) is 16.7. The maximum absolute atomic E-state index is 14.1. The maximum atomic E-state index is 14.1. The molecule has 0 radical (unpaired) electrons. The Kier molecular flexibility index (Phi) is 5.45. The second kappa shape index (κ2) is 8.09. The van der Waals surface area contributed by atoms with Gasteiger partial charge in [0.2, 0.25) is 0 Å². The van der Waals surface area contributed by atoms with Gasteiger partial charge in [-0.3, -0.25) is 4.79 Å². The molecule has 4 saturated carbocycles. The highest BCUT2D eigenvalue weighted by molar-refractivity contribution is 5.84. The largest absolute Gasteiger partial charge is 0.390 e. The highest BCUT2D eigenvalue weighted by Crippen LogP contribution is 2.69. The fourth-order valence-electron chi connectivity index (χ4n) is 9.81. The van der Waals surface area contributed by atoms with Crippen LogP contribution in [0.1, 0.15) is 85.0 Å². The van der Waals surface area contributed by atoms with Gasteiger partial charge in [0.05, 0.1) is 11.1 Å². The van der Waals surface area contributed by atoms with Gasteiger partial charge in [0.15, 0.2) is 11.6 Å². The summed E-state index contributed by atoms with van der Waals surface area (Å²) >= 11 is 0. The number of benzene rings is 1. The van der Waals surface area contributed by atoms with Gasteiger partial charge in [0.1, 0.15) is 12.1 Å². The Labute approximate surface area is 207 Å². The molecule has 0 saturated heterocycles. The van der Waals surface area contributed by atoms with Crippen molar-refractivity contribution in [2.75, 3.05) is 0 Å². The van der Waals surface area contributed by atoms with Crippen LogP contribution < -0.4 is 0 Å². The third-order valence-corrected chi connectivity index (χ3v) is 11.5. The van der Waals surface area contributed by atoms with Crippen molar-refractivity contribution in [2.24, 2.45) is 40.4 Å². The van der Waals surface area contributed by atoms with Crippen LogP contribution in [0.2, 0.25) is 0 Å². The van der Waals surface area contributed by atoms with Gasteiger partial charge in [-0.1, -0.05) is 25.1 Å². The van der Waals surface area contributed by atoms with E-state index in [2.05, 4.69) is 24.2 Å². The standard InChI is InChI=1S/C29H40FN3O2/c1-4-29-15-14-27(2,35)16-18(29)8-9-19-20-10-11-22(28(20,3)13-12-21(19)29)25(34)17-33-24-7-5-6-23(30)26(24)31-32-33/h5-7,18-22,35H,4,8-17H2,1-3H3/t18-,19+,20-,21+,22-,27-,28+,29+/m1/s1. The van der Waals surface area contributed by atoms with Crippen LogP contribution in [0.15, 0.2) is 18.2 Å². The lowest BCUT2D eigenvalue weighted by atomic mass is 9.42. The van der Waals surface area contributed by atoms with E-state index >= 15 is 0 Å². The van der Waals surface area contributed by atoms with E-state index in [1.807, 2.05) is 6.92 Å². The van der Waals surface area contributed by atoms with Crippen molar-refractivity contribution in [1.29, 1.82) is 0 Å². The van der Waals surface area contributed by atoms with E-state index in [0.29, 0.717) is 28.7 Å². The molecule has 5 nitrogen and oxygen atoms in total. The SMILES string of the molecule is CC[C@]12CC[C@@](C)(O)C[C@H]1CC[C@H]1[C@H]3CC[C@H](C(=O)Cn4nnc5c(F)cccc54)[C@@]3(C)CC[C@@H]12. The monoisotopic (exact) mass is 481 g/mol. The molecule has 0 unspecified atom stereocenters. The van der Waals surface area contributed by atoms with Gasteiger partial charge in [-0.25, -0.2) is 9.07 Å². The molecule has 0 aliphatic heterocycles. The van der Waals surface area contributed by atoms with E-state index in [1.165, 1.54) is 31.7 Å². The van der Waals surface area contributed by atoms with Gasteiger partial charge >= 0.3 is 0 Å². The van der Waals surface area contributed by atoms with Crippen molar-refractivity contribution in [3.63, 3.8) is 0 Å². The van der Waals surface area contributed by atoms with E-state index in [-0.39, 0.29) is 29.2 Å². The van der Waals surface area contributed by atoms with Crippen molar-refractivity contribution in [2.45, 2.75) is 97.1 Å². The summed E-state index contributed by atoms with van der Waals surface area (Å²) in [6, 6.07) is 4.83. The topological polar surface area (TPSA) is 68.0 Å². The van der Waals surface area contributed by atoms with E-state index in [0.717, 1.165) is 44.4 Å². The van der Waals surface area contributed by atoms with E-state index in [4.69, 9.17) is 0 Å². The van der Waals surface area contributed by atoms with Crippen molar-refractivity contribution < 1.29 is 14.3 Å². The smallest absolute Gasteiger partial charge is 0.157 e. The molecule has 0 amide bonds. The number of aliphatic hydroxyl groups is 1. The summed E-state index contributed by atoms with van der Waals surface area (Å²) in [5, 5.41) is 18.9. The van der Waals surface area contributed by atoms with E-state index < -0.39 is 11.4 Å². The molecule has 1 aromatic heterocycles. The molecule has 8 atom stereocenters. The first-order valence-electron chi connectivity index (χ1n) is 13.9. The van der Waals surface area contributed by atoms with Crippen LogP contribution in [0.4, 0.5) is 4.39 Å². The number of rotatable bonds is 4. The molecule has 1 aromatic carbocycles. The minimum absolute atomic E-state index is 0.0435. The summed E-state index contributed by atoms with van der Waals surface area (Å²) in [6.45, 7) is 6.99. The number of nitrogens with zero attached hydrogens (tertiary/aromatic N) is 3. The molecule has 0 bridgehead atoms. The fourth-order valence-corrected chi connectivity index (χ4v) is 9.81. The number of hydrogen-bond acceptors (Lipinski definition) is 4. The number of fused-ring (bicyclic) bond motifs is 6. The van der Waals surface area contributed by atoms with Crippen LogP contribution in [-0.2, 0) is 11.3 Å². The van der Waals surface area contributed by atoms with Crippen molar-refractivity contribution in [3.05, 3.63) is 24.0 Å². The van der Waals surface area contributed by atoms with Crippen LogP contribution in [0.3, 0.4) is 0 Å². The van der Waals surface area contributed by atoms with Crippen molar-refractivity contribution in [1.82, 2.24) is 15.0 Å². The van der Waals surface area contributed by atoms with Crippen LogP contribution in [0, 0.1) is 46.2 Å². The zero-order valence-corrected chi connectivity index (χ0v) is 21.5. The van der Waals surface area contributed by atoms with E-state index in [9.17, 15) is 14.3 Å².